The predicted octanol–water partition coefficient (Wildman–Crippen LogP) is -0.593. The largest absolute Gasteiger partial charge is 0.304 e. The summed E-state index contributed by atoms with van der Waals surface area (Å²) in [6, 6.07) is 0. The molecule has 2 aliphatic rings. The Morgan fingerprint density at radius 3 is 2.56 bits per heavy atom. The van der Waals surface area contributed by atoms with Crippen LogP contribution in [0.4, 0.5) is 0 Å². The SMILES string of the molecule is CN1CCN(NC(=O)C2(C)CCCN2)CC1. The van der Waals surface area contributed by atoms with E-state index in [1.54, 1.807) is 0 Å². The van der Waals surface area contributed by atoms with Crippen LogP contribution < -0.4 is 10.7 Å². The van der Waals surface area contributed by atoms with E-state index < -0.39 is 0 Å². The number of carbonyl (C=O) groups excluding carboxylic acids is 1. The standard InChI is InChI=1S/C11H22N4O/c1-11(4-3-5-12-11)10(16)13-15-8-6-14(2)7-9-15/h12H,3-9H2,1-2H3,(H,13,16). The molecule has 2 fully saturated rings. The summed E-state index contributed by atoms with van der Waals surface area (Å²) in [6.07, 6.45) is 2.03. The molecule has 16 heavy (non-hydrogen) atoms. The molecule has 92 valence electrons. The molecule has 2 N–H and O–H groups in total. The minimum Gasteiger partial charge on any atom is -0.304 e. The van der Waals surface area contributed by atoms with Gasteiger partial charge in [-0.1, -0.05) is 0 Å². The van der Waals surface area contributed by atoms with Crippen molar-refractivity contribution in [1.29, 1.82) is 0 Å². The summed E-state index contributed by atoms with van der Waals surface area (Å²) in [7, 11) is 2.11. The number of amides is 1. The fourth-order valence-corrected chi connectivity index (χ4v) is 2.27. The number of nitrogens with zero attached hydrogens (tertiary/aromatic N) is 2. The van der Waals surface area contributed by atoms with Crippen molar-refractivity contribution in [3.05, 3.63) is 0 Å². The van der Waals surface area contributed by atoms with Gasteiger partial charge in [-0.25, -0.2) is 5.01 Å². The summed E-state index contributed by atoms with van der Waals surface area (Å²) in [5, 5.41) is 5.32. The van der Waals surface area contributed by atoms with Crippen molar-refractivity contribution < 1.29 is 4.79 Å². The van der Waals surface area contributed by atoms with Crippen molar-refractivity contribution in [2.75, 3.05) is 39.8 Å². The molecule has 0 spiro atoms. The molecule has 2 aliphatic heterocycles. The molecule has 0 aromatic rings. The maximum absolute atomic E-state index is 12.1. The van der Waals surface area contributed by atoms with Crippen LogP contribution in [0, 0.1) is 0 Å². The van der Waals surface area contributed by atoms with E-state index in [-0.39, 0.29) is 11.4 Å². The van der Waals surface area contributed by atoms with E-state index in [1.165, 1.54) is 0 Å². The van der Waals surface area contributed by atoms with Gasteiger partial charge >= 0.3 is 0 Å². The molecule has 2 saturated heterocycles. The van der Waals surface area contributed by atoms with Crippen LogP contribution in [0.1, 0.15) is 19.8 Å². The third-order valence-corrected chi connectivity index (χ3v) is 3.63. The number of likely N-dealkylation sites (N-methyl/N-ethyl adjacent to an activating group) is 1. The van der Waals surface area contributed by atoms with Gasteiger partial charge in [-0.05, 0) is 33.4 Å². The topological polar surface area (TPSA) is 47.6 Å². The number of piperazine rings is 1. The van der Waals surface area contributed by atoms with E-state index in [2.05, 4.69) is 22.7 Å². The highest BCUT2D eigenvalue weighted by Gasteiger charge is 2.36. The van der Waals surface area contributed by atoms with Crippen LogP contribution in [0.15, 0.2) is 0 Å². The minimum absolute atomic E-state index is 0.120. The molecule has 0 aromatic carbocycles. The van der Waals surface area contributed by atoms with Gasteiger partial charge < -0.3 is 10.2 Å². The van der Waals surface area contributed by atoms with Crippen molar-refractivity contribution in [2.24, 2.45) is 0 Å². The first kappa shape index (κ1) is 11.8. The van der Waals surface area contributed by atoms with Gasteiger partial charge in [0, 0.05) is 26.2 Å². The normalized spacial score (nSPS) is 32.9. The Morgan fingerprint density at radius 2 is 2.00 bits per heavy atom. The molecule has 0 radical (unpaired) electrons. The van der Waals surface area contributed by atoms with E-state index in [1.807, 2.05) is 11.9 Å². The number of hydrazine groups is 1. The third-order valence-electron chi connectivity index (χ3n) is 3.63. The van der Waals surface area contributed by atoms with Crippen LogP contribution in [0.3, 0.4) is 0 Å². The van der Waals surface area contributed by atoms with Crippen LogP contribution in [0.5, 0.6) is 0 Å². The minimum atomic E-state index is -0.358. The fourth-order valence-electron chi connectivity index (χ4n) is 2.27. The summed E-state index contributed by atoms with van der Waals surface area (Å²) < 4.78 is 0. The van der Waals surface area contributed by atoms with Crippen LogP contribution in [-0.2, 0) is 4.79 Å². The second kappa shape index (κ2) is 4.69. The maximum Gasteiger partial charge on any atom is 0.254 e. The highest BCUT2D eigenvalue weighted by molar-refractivity contribution is 5.85. The Balaban J connectivity index is 1.83. The summed E-state index contributed by atoms with van der Waals surface area (Å²) in [6.45, 7) is 6.81. The van der Waals surface area contributed by atoms with Gasteiger partial charge in [0.2, 0.25) is 0 Å². The number of carbonyl (C=O) groups is 1. The first-order valence-corrected chi connectivity index (χ1v) is 6.10. The lowest BCUT2D eigenvalue weighted by atomic mass is 10.00. The van der Waals surface area contributed by atoms with Gasteiger partial charge in [0.25, 0.3) is 5.91 Å². The molecule has 1 atom stereocenters. The molecule has 0 bridgehead atoms. The molecule has 0 aliphatic carbocycles. The van der Waals surface area contributed by atoms with Gasteiger partial charge in [-0.15, -0.1) is 0 Å². The summed E-state index contributed by atoms with van der Waals surface area (Å²) in [5.74, 6) is 0.120. The zero-order chi connectivity index (χ0) is 11.6. The Bertz CT molecular complexity index is 255. The molecular weight excluding hydrogens is 204 g/mol. The van der Waals surface area contributed by atoms with E-state index in [0.717, 1.165) is 45.6 Å². The number of nitrogens with one attached hydrogen (secondary N) is 2. The summed E-state index contributed by atoms with van der Waals surface area (Å²) in [5.41, 5.74) is 2.67. The molecule has 0 saturated carbocycles. The smallest absolute Gasteiger partial charge is 0.254 e. The van der Waals surface area contributed by atoms with Gasteiger partial charge in [-0.3, -0.25) is 10.2 Å². The Morgan fingerprint density at radius 1 is 1.31 bits per heavy atom. The molecule has 1 amide bonds. The molecule has 2 rings (SSSR count). The Labute approximate surface area is 97.1 Å². The molecule has 2 heterocycles. The van der Waals surface area contributed by atoms with E-state index in [9.17, 15) is 4.79 Å². The van der Waals surface area contributed by atoms with E-state index in [4.69, 9.17) is 0 Å². The number of hydrogen-bond donors (Lipinski definition) is 2. The molecular formula is C11H22N4O. The molecule has 1 unspecified atom stereocenters. The fraction of sp³-hybridized carbons (Fsp3) is 0.909. The van der Waals surface area contributed by atoms with Crippen molar-refractivity contribution >= 4 is 5.91 Å². The van der Waals surface area contributed by atoms with Crippen molar-refractivity contribution in [2.45, 2.75) is 25.3 Å². The van der Waals surface area contributed by atoms with Crippen LogP contribution >= 0.6 is 0 Å². The lowest BCUT2D eigenvalue weighted by Crippen LogP contribution is -2.59. The van der Waals surface area contributed by atoms with Crippen LogP contribution in [-0.4, -0.2) is 61.1 Å². The van der Waals surface area contributed by atoms with E-state index in [0.29, 0.717) is 0 Å². The Hall–Kier alpha value is -0.650. The first-order chi connectivity index (χ1) is 7.60. The first-order valence-electron chi connectivity index (χ1n) is 6.10. The summed E-state index contributed by atoms with van der Waals surface area (Å²) >= 11 is 0. The van der Waals surface area contributed by atoms with Crippen LogP contribution in [0.25, 0.3) is 0 Å². The number of hydrogen-bond acceptors (Lipinski definition) is 4. The van der Waals surface area contributed by atoms with Crippen molar-refractivity contribution in [1.82, 2.24) is 20.7 Å². The predicted molar refractivity (Wildman–Crippen MR) is 62.9 cm³/mol. The Kier molecular flexibility index (Phi) is 3.47. The molecule has 5 nitrogen and oxygen atoms in total. The third kappa shape index (κ3) is 2.53. The van der Waals surface area contributed by atoms with Crippen molar-refractivity contribution in [3.63, 3.8) is 0 Å². The van der Waals surface area contributed by atoms with Gasteiger partial charge in [0.15, 0.2) is 0 Å². The highest BCUT2D eigenvalue weighted by atomic mass is 16.2. The second-order valence-electron chi connectivity index (χ2n) is 5.09. The quantitative estimate of drug-likeness (QED) is 0.660. The second-order valence-corrected chi connectivity index (χ2v) is 5.09. The van der Waals surface area contributed by atoms with Gasteiger partial charge in [0.1, 0.15) is 0 Å². The maximum atomic E-state index is 12.1. The molecule has 5 heteroatoms. The number of rotatable bonds is 2. The average molecular weight is 226 g/mol. The zero-order valence-corrected chi connectivity index (χ0v) is 10.3. The van der Waals surface area contributed by atoms with Gasteiger partial charge in [0.05, 0.1) is 5.54 Å². The van der Waals surface area contributed by atoms with Crippen LogP contribution in [0.2, 0.25) is 0 Å². The average Bonchev–Trinajstić information content (AvgIpc) is 2.70. The monoisotopic (exact) mass is 226 g/mol. The molecule has 0 aromatic heterocycles. The van der Waals surface area contributed by atoms with E-state index >= 15 is 0 Å². The summed E-state index contributed by atoms with van der Waals surface area (Å²) in [4.78, 5) is 14.4. The lowest BCUT2D eigenvalue weighted by Gasteiger charge is -2.34. The zero-order valence-electron chi connectivity index (χ0n) is 10.3. The highest BCUT2D eigenvalue weighted by Crippen LogP contribution is 2.18. The lowest BCUT2D eigenvalue weighted by molar-refractivity contribution is -0.132. The van der Waals surface area contributed by atoms with Gasteiger partial charge in [-0.2, -0.15) is 0 Å². The van der Waals surface area contributed by atoms with Crippen molar-refractivity contribution in [3.8, 4) is 0 Å².